The highest BCUT2D eigenvalue weighted by Gasteiger charge is 2.33. The monoisotopic (exact) mass is 404 g/mol. The van der Waals surface area contributed by atoms with Crippen LogP contribution in [0.3, 0.4) is 0 Å². The molecule has 1 saturated heterocycles. The lowest BCUT2D eigenvalue weighted by molar-refractivity contribution is 0.221. The maximum atomic E-state index is 4.56. The van der Waals surface area contributed by atoms with Crippen LogP contribution >= 0.6 is 11.3 Å². The zero-order chi connectivity index (χ0) is 19.5. The second kappa shape index (κ2) is 8.66. The van der Waals surface area contributed by atoms with Crippen molar-refractivity contribution in [1.82, 2.24) is 20.1 Å². The zero-order valence-electron chi connectivity index (χ0n) is 16.7. The summed E-state index contributed by atoms with van der Waals surface area (Å²) >= 11 is 1.73. The number of aromatic nitrogens is 1. The molecule has 2 atom stereocenters. The van der Waals surface area contributed by atoms with Gasteiger partial charge in [-0.3, -0.25) is 4.98 Å². The Morgan fingerprint density at radius 3 is 2.76 bits per heavy atom. The summed E-state index contributed by atoms with van der Waals surface area (Å²) in [5, 5.41) is 7.76. The van der Waals surface area contributed by atoms with Crippen LogP contribution in [0.25, 0.3) is 16.7 Å². The molecular formula is C24H28N4S. The van der Waals surface area contributed by atoms with Crippen molar-refractivity contribution in [3.63, 3.8) is 0 Å². The van der Waals surface area contributed by atoms with E-state index in [1.165, 1.54) is 48.3 Å². The summed E-state index contributed by atoms with van der Waals surface area (Å²) < 4.78 is 0. The fourth-order valence-corrected chi connectivity index (χ4v) is 5.29. The summed E-state index contributed by atoms with van der Waals surface area (Å²) in [7, 11) is 0. The zero-order valence-corrected chi connectivity index (χ0v) is 17.5. The van der Waals surface area contributed by atoms with E-state index in [1.54, 1.807) is 11.3 Å². The van der Waals surface area contributed by atoms with Gasteiger partial charge in [0.05, 0.1) is 6.04 Å². The summed E-state index contributed by atoms with van der Waals surface area (Å²) in [5.41, 5.74) is 5.09. The number of nitrogens with zero attached hydrogens (tertiary/aromatic N) is 3. The summed E-state index contributed by atoms with van der Waals surface area (Å²) in [4.78, 5) is 9.69. The number of hydrogen-bond donors (Lipinski definition) is 1. The highest BCUT2D eigenvalue weighted by atomic mass is 32.1. The summed E-state index contributed by atoms with van der Waals surface area (Å²) in [6.45, 7) is 6.89. The van der Waals surface area contributed by atoms with Crippen molar-refractivity contribution in [2.24, 2.45) is 5.92 Å². The molecule has 2 aromatic heterocycles. The van der Waals surface area contributed by atoms with Gasteiger partial charge in [-0.1, -0.05) is 24.3 Å². The van der Waals surface area contributed by atoms with Crippen LogP contribution in [0, 0.1) is 5.92 Å². The number of pyridine rings is 1. The Morgan fingerprint density at radius 2 is 1.90 bits per heavy atom. The number of allylic oxidation sites excluding steroid dienone is 2. The van der Waals surface area contributed by atoms with Crippen molar-refractivity contribution in [2.45, 2.75) is 12.5 Å². The van der Waals surface area contributed by atoms with Gasteiger partial charge in [-0.2, -0.15) is 11.3 Å². The van der Waals surface area contributed by atoms with E-state index < -0.39 is 0 Å². The quantitative estimate of drug-likeness (QED) is 0.792. The molecule has 1 N–H and O–H groups in total. The van der Waals surface area contributed by atoms with E-state index in [-0.39, 0.29) is 0 Å². The van der Waals surface area contributed by atoms with Crippen LogP contribution in [-0.4, -0.2) is 60.1 Å². The number of thiophene rings is 1. The molecule has 0 saturated carbocycles. The van der Waals surface area contributed by atoms with Crippen LogP contribution in [0.4, 0.5) is 0 Å². The van der Waals surface area contributed by atoms with Gasteiger partial charge in [0.15, 0.2) is 0 Å². The molecule has 1 unspecified atom stereocenters. The molecule has 0 bridgehead atoms. The van der Waals surface area contributed by atoms with Crippen LogP contribution in [0.2, 0.25) is 0 Å². The number of piperazine rings is 1. The Bertz CT molecular complexity index is 909. The van der Waals surface area contributed by atoms with Crippen molar-refractivity contribution < 1.29 is 0 Å². The molecule has 2 aliphatic heterocycles. The topological polar surface area (TPSA) is 31.4 Å². The molecule has 0 radical (unpaired) electrons. The molecule has 1 fully saturated rings. The minimum absolute atomic E-state index is 0.415. The Morgan fingerprint density at radius 1 is 1.03 bits per heavy atom. The first-order valence-corrected chi connectivity index (χ1v) is 11.6. The molecule has 3 aliphatic rings. The molecule has 4 nitrogen and oxygen atoms in total. The van der Waals surface area contributed by atoms with Gasteiger partial charge in [0.2, 0.25) is 0 Å². The van der Waals surface area contributed by atoms with Gasteiger partial charge in [-0.25, -0.2) is 0 Å². The average molecular weight is 405 g/mol. The normalized spacial score (nSPS) is 24.0. The Labute approximate surface area is 177 Å². The molecule has 29 heavy (non-hydrogen) atoms. The maximum Gasteiger partial charge on any atom is 0.0574 e. The Hall–Kier alpha value is -2.21. The fraction of sp³-hybridized carbons (Fsp3) is 0.375. The Balaban J connectivity index is 1.33. The van der Waals surface area contributed by atoms with Gasteiger partial charge < -0.3 is 15.1 Å². The van der Waals surface area contributed by atoms with Gasteiger partial charge >= 0.3 is 0 Å². The Kier molecular flexibility index (Phi) is 5.61. The third-order valence-electron chi connectivity index (χ3n) is 6.18. The second-order valence-electron chi connectivity index (χ2n) is 8.03. The van der Waals surface area contributed by atoms with Crippen molar-refractivity contribution in [3.05, 3.63) is 71.4 Å². The van der Waals surface area contributed by atoms with Crippen molar-refractivity contribution in [1.29, 1.82) is 0 Å². The predicted molar refractivity (Wildman–Crippen MR) is 122 cm³/mol. The highest BCUT2D eigenvalue weighted by molar-refractivity contribution is 7.08. The lowest BCUT2D eigenvalue weighted by Crippen LogP contribution is -2.44. The smallest absolute Gasteiger partial charge is 0.0574 e. The van der Waals surface area contributed by atoms with Gasteiger partial charge in [0.1, 0.15) is 0 Å². The van der Waals surface area contributed by atoms with E-state index in [9.17, 15) is 0 Å². The predicted octanol–water partition coefficient (Wildman–Crippen LogP) is 3.87. The average Bonchev–Trinajstić information content (AvgIpc) is 3.44. The minimum Gasteiger partial charge on any atom is -0.370 e. The highest BCUT2D eigenvalue weighted by Crippen LogP contribution is 2.39. The molecule has 0 spiro atoms. The van der Waals surface area contributed by atoms with Crippen LogP contribution in [-0.2, 0) is 0 Å². The fourth-order valence-electron chi connectivity index (χ4n) is 4.63. The van der Waals surface area contributed by atoms with E-state index in [1.807, 2.05) is 12.4 Å². The second-order valence-corrected chi connectivity index (χ2v) is 8.81. The molecule has 0 amide bonds. The van der Waals surface area contributed by atoms with E-state index in [4.69, 9.17) is 0 Å². The number of rotatable bonds is 6. The van der Waals surface area contributed by atoms with Crippen molar-refractivity contribution in [3.8, 4) is 11.1 Å². The van der Waals surface area contributed by atoms with Crippen LogP contribution < -0.4 is 5.32 Å². The summed E-state index contributed by atoms with van der Waals surface area (Å²) in [6.07, 6.45) is 16.7. The van der Waals surface area contributed by atoms with Crippen LogP contribution in [0.15, 0.2) is 65.8 Å². The van der Waals surface area contributed by atoms with Crippen molar-refractivity contribution in [2.75, 3.05) is 39.3 Å². The first kappa shape index (κ1) is 18.8. The van der Waals surface area contributed by atoms with E-state index in [2.05, 4.69) is 73.5 Å². The maximum absolute atomic E-state index is 4.56. The van der Waals surface area contributed by atoms with Gasteiger partial charge in [0, 0.05) is 62.8 Å². The molecule has 5 rings (SSSR count). The SMILES string of the molecule is C1=CC2[C@@H](C=C1)C(c1cncc(-c3ccsc3)c1)=CN2CCCN1CCNCC1. The van der Waals surface area contributed by atoms with Crippen molar-refractivity contribution >= 4 is 16.9 Å². The van der Waals surface area contributed by atoms with E-state index in [0.717, 1.165) is 19.6 Å². The van der Waals surface area contributed by atoms with Crippen LogP contribution in [0.1, 0.15) is 12.0 Å². The molecule has 0 aromatic carbocycles. The largest absolute Gasteiger partial charge is 0.370 e. The minimum atomic E-state index is 0.415. The molecule has 1 aliphatic carbocycles. The third-order valence-corrected chi connectivity index (χ3v) is 6.86. The lowest BCUT2D eigenvalue weighted by Gasteiger charge is -2.30. The third kappa shape index (κ3) is 4.08. The van der Waals surface area contributed by atoms with E-state index in [0.29, 0.717) is 12.0 Å². The van der Waals surface area contributed by atoms with E-state index >= 15 is 0 Å². The lowest BCUT2D eigenvalue weighted by atomic mass is 9.87. The van der Waals surface area contributed by atoms with Gasteiger partial charge in [0.25, 0.3) is 0 Å². The van der Waals surface area contributed by atoms with Gasteiger partial charge in [-0.05, 0) is 52.6 Å². The van der Waals surface area contributed by atoms with Gasteiger partial charge in [-0.15, -0.1) is 0 Å². The summed E-state index contributed by atoms with van der Waals surface area (Å²) in [5.74, 6) is 0.415. The number of nitrogens with one attached hydrogen (secondary N) is 1. The molecular weight excluding hydrogens is 376 g/mol. The first-order valence-electron chi connectivity index (χ1n) is 10.6. The standard InChI is InChI=1S/C24H28N4S/c1-2-5-24-22(4-1)23(17-28(24)10-3-9-27-11-7-25-8-12-27)21-14-20(15-26-16-21)19-6-13-29-18-19/h1-2,4-6,13-18,22,24-25H,3,7-12H2/t22-,24?/m0/s1. The van der Waals surface area contributed by atoms with Crippen LogP contribution in [0.5, 0.6) is 0 Å². The number of hydrogen-bond acceptors (Lipinski definition) is 5. The molecule has 150 valence electrons. The molecule has 5 heteroatoms. The summed E-state index contributed by atoms with van der Waals surface area (Å²) in [6, 6.07) is 4.90. The molecule has 4 heterocycles. The first-order chi connectivity index (χ1) is 14.4. The molecule has 2 aromatic rings. The number of fused-ring (bicyclic) bond motifs is 1.